The minimum Gasteiger partial charge on any atom is -0.359 e. The summed E-state index contributed by atoms with van der Waals surface area (Å²) >= 11 is 0. The molecule has 1 aliphatic heterocycles. The summed E-state index contributed by atoms with van der Waals surface area (Å²) in [5.74, 6) is -0.380. The standard InChI is InChI=1S/C26H25F4N7/c27-20-9-7-19(8-10-20)21-14-31-23-22(34-21)24(33-16-26(28,29)30)36-25(35-23)32-13-17-3-5-18(6-4-17)15-37-11-1-2-12-37/h3-10,14H,1-2,11-13,15-16H2,(H2,31,32,33,35,36). The first-order chi connectivity index (χ1) is 17.8. The summed E-state index contributed by atoms with van der Waals surface area (Å²) in [4.78, 5) is 19.7. The van der Waals surface area contributed by atoms with Crippen LogP contribution >= 0.6 is 0 Å². The van der Waals surface area contributed by atoms with Crippen molar-refractivity contribution in [3.8, 4) is 11.3 Å². The zero-order valence-corrected chi connectivity index (χ0v) is 19.9. The highest BCUT2D eigenvalue weighted by molar-refractivity contribution is 5.85. The van der Waals surface area contributed by atoms with Gasteiger partial charge in [0.15, 0.2) is 17.0 Å². The molecule has 0 spiro atoms. The second-order valence-electron chi connectivity index (χ2n) is 8.95. The molecule has 7 nitrogen and oxygen atoms in total. The summed E-state index contributed by atoms with van der Waals surface area (Å²) < 4.78 is 52.2. The van der Waals surface area contributed by atoms with Gasteiger partial charge in [-0.25, -0.2) is 14.4 Å². The van der Waals surface area contributed by atoms with E-state index in [4.69, 9.17) is 0 Å². The Morgan fingerprint density at radius 3 is 2.24 bits per heavy atom. The fourth-order valence-electron chi connectivity index (χ4n) is 4.20. The molecule has 192 valence electrons. The molecule has 0 atom stereocenters. The number of likely N-dealkylation sites (tertiary alicyclic amines) is 1. The highest BCUT2D eigenvalue weighted by Crippen LogP contribution is 2.25. The number of hydrogen-bond donors (Lipinski definition) is 2. The summed E-state index contributed by atoms with van der Waals surface area (Å²) in [6.45, 7) is 2.27. The van der Waals surface area contributed by atoms with E-state index in [1.165, 1.54) is 48.9 Å². The Morgan fingerprint density at radius 1 is 0.838 bits per heavy atom. The molecule has 0 aliphatic carbocycles. The summed E-state index contributed by atoms with van der Waals surface area (Å²) in [5.41, 5.74) is 3.36. The average molecular weight is 512 g/mol. The normalized spacial score (nSPS) is 14.3. The van der Waals surface area contributed by atoms with E-state index < -0.39 is 18.5 Å². The van der Waals surface area contributed by atoms with Gasteiger partial charge in [0.25, 0.3) is 0 Å². The lowest BCUT2D eigenvalue weighted by molar-refractivity contribution is -0.115. The van der Waals surface area contributed by atoms with Gasteiger partial charge in [-0.05, 0) is 61.3 Å². The van der Waals surface area contributed by atoms with Gasteiger partial charge in [-0.15, -0.1) is 0 Å². The van der Waals surface area contributed by atoms with Crippen LogP contribution in [0.25, 0.3) is 22.4 Å². The Bertz CT molecular complexity index is 1350. The maximum atomic E-state index is 13.3. The van der Waals surface area contributed by atoms with E-state index in [1.54, 1.807) is 0 Å². The van der Waals surface area contributed by atoms with Gasteiger partial charge in [0, 0.05) is 18.7 Å². The molecular weight excluding hydrogens is 486 g/mol. The summed E-state index contributed by atoms with van der Waals surface area (Å²) in [5, 5.41) is 5.38. The summed E-state index contributed by atoms with van der Waals surface area (Å²) in [6.07, 6.45) is -0.528. The monoisotopic (exact) mass is 511 g/mol. The van der Waals surface area contributed by atoms with Crippen LogP contribution in [-0.4, -0.2) is 50.6 Å². The largest absolute Gasteiger partial charge is 0.405 e. The smallest absolute Gasteiger partial charge is 0.359 e. The van der Waals surface area contributed by atoms with Crippen molar-refractivity contribution in [1.29, 1.82) is 0 Å². The molecule has 1 saturated heterocycles. The number of anilines is 2. The lowest BCUT2D eigenvalue weighted by Crippen LogP contribution is -2.22. The van der Waals surface area contributed by atoms with E-state index in [9.17, 15) is 17.6 Å². The predicted octanol–water partition coefficient (Wildman–Crippen LogP) is 5.41. The van der Waals surface area contributed by atoms with Crippen molar-refractivity contribution in [3.05, 3.63) is 71.7 Å². The maximum absolute atomic E-state index is 13.3. The number of aromatic nitrogens is 4. The van der Waals surface area contributed by atoms with Crippen molar-refractivity contribution < 1.29 is 17.6 Å². The molecule has 5 rings (SSSR count). The Balaban J connectivity index is 1.36. The number of halogens is 4. The fourth-order valence-corrected chi connectivity index (χ4v) is 4.20. The third-order valence-corrected chi connectivity index (χ3v) is 6.08. The van der Waals surface area contributed by atoms with Crippen LogP contribution in [0.15, 0.2) is 54.7 Å². The number of hydrogen-bond acceptors (Lipinski definition) is 7. The van der Waals surface area contributed by atoms with Gasteiger partial charge in [-0.2, -0.15) is 23.1 Å². The van der Waals surface area contributed by atoms with Crippen molar-refractivity contribution in [2.45, 2.75) is 32.1 Å². The maximum Gasteiger partial charge on any atom is 0.405 e. The topological polar surface area (TPSA) is 78.9 Å². The minimum atomic E-state index is -4.45. The van der Waals surface area contributed by atoms with Crippen LogP contribution in [0.1, 0.15) is 24.0 Å². The molecule has 3 heterocycles. The van der Waals surface area contributed by atoms with E-state index in [0.717, 1.165) is 25.2 Å². The molecule has 1 fully saturated rings. The SMILES string of the molecule is Fc1ccc(-c2cnc3nc(NCc4ccc(CN5CCCC5)cc4)nc(NCC(F)(F)F)c3n2)cc1. The van der Waals surface area contributed by atoms with Gasteiger partial charge in [0.05, 0.1) is 11.9 Å². The first kappa shape index (κ1) is 24.8. The Hall–Kier alpha value is -3.86. The van der Waals surface area contributed by atoms with Gasteiger partial charge in [-0.3, -0.25) is 4.90 Å². The number of rotatable bonds is 8. The Labute approximate surface area is 211 Å². The van der Waals surface area contributed by atoms with Crippen LogP contribution in [0.5, 0.6) is 0 Å². The van der Waals surface area contributed by atoms with Crippen LogP contribution in [0.2, 0.25) is 0 Å². The predicted molar refractivity (Wildman–Crippen MR) is 133 cm³/mol. The average Bonchev–Trinajstić information content (AvgIpc) is 3.40. The molecule has 0 amide bonds. The molecule has 2 aromatic heterocycles. The van der Waals surface area contributed by atoms with Crippen LogP contribution in [0.4, 0.5) is 29.3 Å². The second-order valence-corrected chi connectivity index (χ2v) is 8.95. The molecule has 0 bridgehead atoms. The van der Waals surface area contributed by atoms with E-state index in [0.29, 0.717) is 17.8 Å². The van der Waals surface area contributed by atoms with E-state index >= 15 is 0 Å². The molecular formula is C26H25F4N7. The molecule has 0 unspecified atom stereocenters. The van der Waals surface area contributed by atoms with Crippen molar-refractivity contribution in [2.75, 3.05) is 30.3 Å². The van der Waals surface area contributed by atoms with E-state index in [1.807, 2.05) is 12.1 Å². The lowest BCUT2D eigenvalue weighted by atomic mass is 10.1. The number of alkyl halides is 3. The van der Waals surface area contributed by atoms with E-state index in [-0.39, 0.29) is 22.9 Å². The molecule has 37 heavy (non-hydrogen) atoms. The Morgan fingerprint density at radius 2 is 1.54 bits per heavy atom. The molecule has 0 radical (unpaired) electrons. The molecule has 11 heteroatoms. The van der Waals surface area contributed by atoms with Crippen molar-refractivity contribution >= 4 is 22.9 Å². The highest BCUT2D eigenvalue weighted by Gasteiger charge is 2.27. The molecule has 0 saturated carbocycles. The third-order valence-electron chi connectivity index (χ3n) is 6.08. The summed E-state index contributed by atoms with van der Waals surface area (Å²) in [7, 11) is 0. The number of fused-ring (bicyclic) bond motifs is 1. The molecule has 1 aliphatic rings. The zero-order chi connectivity index (χ0) is 25.8. The van der Waals surface area contributed by atoms with Crippen molar-refractivity contribution in [3.63, 3.8) is 0 Å². The molecule has 4 aromatic rings. The van der Waals surface area contributed by atoms with Crippen molar-refractivity contribution in [2.24, 2.45) is 0 Å². The highest BCUT2D eigenvalue weighted by atomic mass is 19.4. The van der Waals surface area contributed by atoms with Crippen LogP contribution < -0.4 is 10.6 Å². The number of benzene rings is 2. The second kappa shape index (κ2) is 10.6. The van der Waals surface area contributed by atoms with Crippen LogP contribution in [-0.2, 0) is 13.1 Å². The minimum absolute atomic E-state index is 0.0860. The van der Waals surface area contributed by atoms with Gasteiger partial charge in [0.1, 0.15) is 12.4 Å². The number of nitrogens with one attached hydrogen (secondary N) is 2. The summed E-state index contributed by atoms with van der Waals surface area (Å²) in [6, 6.07) is 13.8. The first-order valence-electron chi connectivity index (χ1n) is 12.0. The van der Waals surface area contributed by atoms with Crippen molar-refractivity contribution in [1.82, 2.24) is 24.8 Å². The van der Waals surface area contributed by atoms with Gasteiger partial charge in [-0.1, -0.05) is 24.3 Å². The van der Waals surface area contributed by atoms with Gasteiger partial charge < -0.3 is 10.6 Å². The molecule has 2 aromatic carbocycles. The third kappa shape index (κ3) is 6.48. The van der Waals surface area contributed by atoms with E-state index in [2.05, 4.69) is 47.6 Å². The Kier molecular flexibility index (Phi) is 7.13. The van der Waals surface area contributed by atoms with Gasteiger partial charge in [0.2, 0.25) is 5.95 Å². The van der Waals surface area contributed by atoms with Crippen LogP contribution in [0, 0.1) is 5.82 Å². The molecule has 2 N–H and O–H groups in total. The zero-order valence-electron chi connectivity index (χ0n) is 19.9. The fraction of sp³-hybridized carbons (Fsp3) is 0.308. The first-order valence-corrected chi connectivity index (χ1v) is 12.0. The number of nitrogens with zero attached hydrogens (tertiary/aromatic N) is 5. The lowest BCUT2D eigenvalue weighted by Gasteiger charge is -2.15. The van der Waals surface area contributed by atoms with Crippen LogP contribution in [0.3, 0.4) is 0 Å². The quantitative estimate of drug-likeness (QED) is 0.306. The van der Waals surface area contributed by atoms with Gasteiger partial charge >= 0.3 is 6.18 Å².